The molecule has 0 bridgehead atoms. The van der Waals surface area contributed by atoms with Gasteiger partial charge in [0.25, 0.3) is 0 Å². The fraction of sp³-hybridized carbons (Fsp3) is 0.500. The minimum atomic E-state index is -0.925. The number of urea groups is 1. The van der Waals surface area contributed by atoms with Crippen molar-refractivity contribution in [2.24, 2.45) is 5.92 Å². The van der Waals surface area contributed by atoms with E-state index in [4.69, 9.17) is 0 Å². The van der Waals surface area contributed by atoms with E-state index in [1.165, 1.54) is 5.56 Å². The van der Waals surface area contributed by atoms with Crippen LogP contribution in [0.15, 0.2) is 24.3 Å². The molecule has 1 aliphatic heterocycles. The Morgan fingerprint density at radius 1 is 1.15 bits per heavy atom. The van der Waals surface area contributed by atoms with E-state index < -0.39 is 24.4 Å². The predicted molar refractivity (Wildman–Crippen MR) is 98.6 cm³/mol. The molecule has 7 nitrogen and oxygen atoms in total. The third-order valence-corrected chi connectivity index (χ3v) is 5.17. The maximum absolute atomic E-state index is 12.8. The zero-order valence-electron chi connectivity index (χ0n) is 16.0. The first-order chi connectivity index (χ1) is 12.8. The Balaban J connectivity index is 1.73. The molecular weight excluding hydrogens is 346 g/mol. The maximum Gasteiger partial charge on any atom is 0.334 e. The van der Waals surface area contributed by atoms with E-state index in [2.05, 4.69) is 6.07 Å². The number of amides is 5. The van der Waals surface area contributed by atoms with Crippen molar-refractivity contribution in [1.29, 1.82) is 0 Å². The van der Waals surface area contributed by atoms with E-state index >= 15 is 0 Å². The number of carbonyl (C=O) groups excluding carboxylic acids is 4. The Kier molecular flexibility index (Phi) is 5.30. The summed E-state index contributed by atoms with van der Waals surface area (Å²) >= 11 is 0. The normalized spacial score (nSPS) is 19.7. The molecule has 1 fully saturated rings. The molecule has 1 aromatic carbocycles. The molecule has 2 aliphatic rings. The summed E-state index contributed by atoms with van der Waals surface area (Å²) < 4.78 is 0. The molecule has 0 spiro atoms. The van der Waals surface area contributed by atoms with Crippen molar-refractivity contribution in [1.82, 2.24) is 14.7 Å². The molecule has 0 N–H and O–H groups in total. The Labute approximate surface area is 158 Å². The molecule has 0 radical (unpaired) electrons. The topological polar surface area (TPSA) is 78.0 Å². The number of aryl methyl sites for hydroxylation is 1. The number of rotatable bonds is 5. The van der Waals surface area contributed by atoms with Crippen LogP contribution in [-0.4, -0.2) is 58.6 Å². The van der Waals surface area contributed by atoms with Gasteiger partial charge in [-0.15, -0.1) is 0 Å². The number of fused-ring (bicyclic) bond motifs is 1. The lowest BCUT2D eigenvalue weighted by Crippen LogP contribution is -2.44. The molecule has 144 valence electrons. The van der Waals surface area contributed by atoms with E-state index in [1.54, 1.807) is 11.9 Å². The standard InChI is InChI=1S/C20H25N3O4/c1-13(2)11-22-18(25)19(26)23(20(22)27)12-17(24)21(3)16-10-6-8-14-7-4-5-9-15(14)16/h4-5,7,9,13,16H,6,8,10-12H2,1-3H3/t16-/m0/s1. The van der Waals surface area contributed by atoms with Gasteiger partial charge >= 0.3 is 17.8 Å². The molecule has 0 unspecified atom stereocenters. The first kappa shape index (κ1) is 19.1. The lowest BCUT2D eigenvalue weighted by atomic mass is 9.87. The van der Waals surface area contributed by atoms with Gasteiger partial charge in [-0.2, -0.15) is 0 Å². The largest absolute Gasteiger partial charge is 0.337 e. The van der Waals surface area contributed by atoms with Gasteiger partial charge in [-0.05, 0) is 36.3 Å². The smallest absolute Gasteiger partial charge is 0.334 e. The van der Waals surface area contributed by atoms with Gasteiger partial charge in [0, 0.05) is 13.6 Å². The monoisotopic (exact) mass is 371 g/mol. The number of hydrogen-bond donors (Lipinski definition) is 0. The van der Waals surface area contributed by atoms with Crippen LogP contribution in [0, 0.1) is 5.92 Å². The molecule has 3 rings (SSSR count). The summed E-state index contributed by atoms with van der Waals surface area (Å²) in [6.07, 6.45) is 2.79. The van der Waals surface area contributed by atoms with Gasteiger partial charge in [-0.25, -0.2) is 9.69 Å². The van der Waals surface area contributed by atoms with Crippen LogP contribution in [0.1, 0.15) is 43.9 Å². The second-order valence-corrected chi connectivity index (χ2v) is 7.59. The minimum absolute atomic E-state index is 0.0442. The van der Waals surface area contributed by atoms with Crippen molar-refractivity contribution in [3.05, 3.63) is 35.4 Å². The van der Waals surface area contributed by atoms with Crippen LogP contribution in [0.2, 0.25) is 0 Å². The van der Waals surface area contributed by atoms with Crippen molar-refractivity contribution in [3.8, 4) is 0 Å². The Morgan fingerprint density at radius 2 is 1.81 bits per heavy atom. The third-order valence-electron chi connectivity index (χ3n) is 5.17. The van der Waals surface area contributed by atoms with Crippen LogP contribution in [0.25, 0.3) is 0 Å². The van der Waals surface area contributed by atoms with Gasteiger partial charge in [0.05, 0.1) is 6.04 Å². The van der Waals surface area contributed by atoms with Crippen LogP contribution in [-0.2, 0) is 20.8 Å². The number of nitrogens with zero attached hydrogens (tertiary/aromatic N) is 3. The van der Waals surface area contributed by atoms with Crippen LogP contribution >= 0.6 is 0 Å². The molecule has 1 atom stereocenters. The first-order valence-electron chi connectivity index (χ1n) is 9.32. The van der Waals surface area contributed by atoms with E-state index in [9.17, 15) is 19.2 Å². The van der Waals surface area contributed by atoms with Crippen molar-refractivity contribution in [2.45, 2.75) is 39.2 Å². The van der Waals surface area contributed by atoms with Crippen molar-refractivity contribution in [3.63, 3.8) is 0 Å². The highest BCUT2D eigenvalue weighted by Crippen LogP contribution is 2.33. The highest BCUT2D eigenvalue weighted by Gasteiger charge is 2.45. The summed E-state index contributed by atoms with van der Waals surface area (Å²) in [5.41, 5.74) is 2.33. The Hall–Kier alpha value is -2.70. The molecule has 5 amide bonds. The highest BCUT2D eigenvalue weighted by molar-refractivity contribution is 6.45. The molecule has 1 saturated heterocycles. The van der Waals surface area contributed by atoms with E-state index in [0.717, 1.165) is 34.6 Å². The molecule has 0 saturated carbocycles. The summed E-state index contributed by atoms with van der Waals surface area (Å²) in [6, 6.07) is 7.23. The molecule has 1 heterocycles. The Morgan fingerprint density at radius 3 is 2.52 bits per heavy atom. The second kappa shape index (κ2) is 7.50. The summed E-state index contributed by atoms with van der Waals surface area (Å²) in [6.45, 7) is 3.47. The van der Waals surface area contributed by atoms with Crippen molar-refractivity contribution < 1.29 is 19.2 Å². The van der Waals surface area contributed by atoms with Crippen LogP contribution in [0.3, 0.4) is 0 Å². The molecule has 1 aliphatic carbocycles. The van der Waals surface area contributed by atoms with Crippen LogP contribution < -0.4 is 0 Å². The fourth-order valence-corrected chi connectivity index (χ4v) is 3.77. The lowest BCUT2D eigenvalue weighted by molar-refractivity contribution is -0.145. The highest BCUT2D eigenvalue weighted by atomic mass is 16.2. The third kappa shape index (κ3) is 3.59. The minimum Gasteiger partial charge on any atom is -0.337 e. The predicted octanol–water partition coefficient (Wildman–Crippen LogP) is 1.97. The molecule has 7 heteroatoms. The van der Waals surface area contributed by atoms with Crippen molar-refractivity contribution in [2.75, 3.05) is 20.1 Å². The molecule has 27 heavy (non-hydrogen) atoms. The molecule has 1 aromatic rings. The SMILES string of the molecule is CC(C)CN1C(=O)C(=O)N(CC(=O)N(C)[C@H]2CCCc3ccccc32)C1=O. The molecule has 0 aromatic heterocycles. The summed E-state index contributed by atoms with van der Waals surface area (Å²) in [7, 11) is 1.69. The van der Waals surface area contributed by atoms with Gasteiger partial charge in [0.2, 0.25) is 5.91 Å². The van der Waals surface area contributed by atoms with E-state index in [-0.39, 0.29) is 24.4 Å². The van der Waals surface area contributed by atoms with Crippen LogP contribution in [0.5, 0.6) is 0 Å². The summed E-state index contributed by atoms with van der Waals surface area (Å²) in [5.74, 6) is -2.08. The summed E-state index contributed by atoms with van der Waals surface area (Å²) in [4.78, 5) is 52.7. The number of carbonyl (C=O) groups is 4. The number of benzene rings is 1. The summed E-state index contributed by atoms with van der Waals surface area (Å²) in [5, 5.41) is 0. The number of imide groups is 2. The van der Waals surface area contributed by atoms with Gasteiger partial charge in [0.1, 0.15) is 6.54 Å². The number of likely N-dealkylation sites (N-methyl/N-ethyl adjacent to an activating group) is 1. The van der Waals surface area contributed by atoms with E-state index in [0.29, 0.717) is 0 Å². The van der Waals surface area contributed by atoms with Gasteiger partial charge < -0.3 is 4.90 Å². The average Bonchev–Trinajstić information content (AvgIpc) is 2.84. The quantitative estimate of drug-likeness (QED) is 0.586. The zero-order chi connectivity index (χ0) is 19.7. The van der Waals surface area contributed by atoms with Gasteiger partial charge in [0.15, 0.2) is 0 Å². The van der Waals surface area contributed by atoms with Crippen LogP contribution in [0.4, 0.5) is 4.79 Å². The first-order valence-corrected chi connectivity index (χ1v) is 9.32. The number of hydrogen-bond acceptors (Lipinski definition) is 4. The van der Waals surface area contributed by atoms with E-state index in [1.807, 2.05) is 32.0 Å². The maximum atomic E-state index is 12.8. The molecular formula is C20H25N3O4. The van der Waals surface area contributed by atoms with Gasteiger partial charge in [-0.3, -0.25) is 19.3 Å². The second-order valence-electron chi connectivity index (χ2n) is 7.59. The average molecular weight is 371 g/mol. The Bertz CT molecular complexity index is 789. The van der Waals surface area contributed by atoms with Crippen molar-refractivity contribution >= 4 is 23.8 Å². The van der Waals surface area contributed by atoms with Gasteiger partial charge in [-0.1, -0.05) is 38.1 Å². The zero-order valence-corrected chi connectivity index (χ0v) is 16.0. The lowest BCUT2D eigenvalue weighted by Gasteiger charge is -2.34. The fourth-order valence-electron chi connectivity index (χ4n) is 3.77.